The fourth-order valence-electron chi connectivity index (χ4n) is 1.31. The minimum Gasteiger partial charge on any atom is -0.342 e. The third kappa shape index (κ3) is 2.82. The largest absolute Gasteiger partial charge is 0.342 e. The zero-order chi connectivity index (χ0) is 9.97. The maximum Gasteiger partial charge on any atom is 0.109 e. The first kappa shape index (κ1) is 12.3. The van der Waals surface area contributed by atoms with E-state index in [-0.39, 0.29) is 12.4 Å². The summed E-state index contributed by atoms with van der Waals surface area (Å²) in [6.45, 7) is 0.452. The molecule has 4 nitrogen and oxygen atoms in total. The lowest BCUT2D eigenvalue weighted by atomic mass is 10.3. The minimum atomic E-state index is 0. The van der Waals surface area contributed by atoms with Crippen molar-refractivity contribution in [2.75, 3.05) is 6.61 Å². The van der Waals surface area contributed by atoms with Gasteiger partial charge in [0.1, 0.15) is 5.82 Å². The number of fused-ring (bicyclic) bond motifs is 1. The molecule has 0 unspecified atom stereocenters. The summed E-state index contributed by atoms with van der Waals surface area (Å²) in [6.07, 6.45) is 0.669. The lowest BCUT2D eigenvalue weighted by Gasteiger charge is -1.92. The van der Waals surface area contributed by atoms with Crippen LogP contribution in [-0.4, -0.2) is 16.6 Å². The molecule has 15 heavy (non-hydrogen) atoms. The number of nitrogens with two attached hydrogens (primary N) is 1. The van der Waals surface area contributed by atoms with Crippen molar-refractivity contribution in [2.45, 2.75) is 6.42 Å². The average molecular weight is 248 g/mol. The number of hydrogen-bond donors (Lipinski definition) is 2. The van der Waals surface area contributed by atoms with Gasteiger partial charge in [0.05, 0.1) is 17.6 Å². The molecule has 82 valence electrons. The number of hydrogen-bond acceptors (Lipinski definition) is 3. The van der Waals surface area contributed by atoms with Crippen LogP contribution in [0.3, 0.4) is 0 Å². The highest BCUT2D eigenvalue weighted by atomic mass is 35.5. The summed E-state index contributed by atoms with van der Waals surface area (Å²) in [7, 11) is 0. The Morgan fingerprint density at radius 1 is 1.47 bits per heavy atom. The maximum atomic E-state index is 5.84. The highest BCUT2D eigenvalue weighted by Crippen LogP contribution is 2.17. The van der Waals surface area contributed by atoms with Crippen molar-refractivity contribution in [2.24, 2.45) is 5.90 Å². The molecule has 0 amide bonds. The van der Waals surface area contributed by atoms with Gasteiger partial charge in [-0.25, -0.2) is 10.9 Å². The van der Waals surface area contributed by atoms with Crippen LogP contribution in [0.4, 0.5) is 0 Å². The van der Waals surface area contributed by atoms with E-state index in [1.54, 1.807) is 0 Å². The second-order valence-corrected chi connectivity index (χ2v) is 3.40. The van der Waals surface area contributed by atoms with Gasteiger partial charge in [0, 0.05) is 11.4 Å². The summed E-state index contributed by atoms with van der Waals surface area (Å²) >= 11 is 5.84. The van der Waals surface area contributed by atoms with Gasteiger partial charge in [-0.15, -0.1) is 12.4 Å². The fourth-order valence-corrected chi connectivity index (χ4v) is 1.48. The van der Waals surface area contributed by atoms with E-state index < -0.39 is 0 Å². The molecule has 2 aromatic rings. The lowest BCUT2D eigenvalue weighted by Crippen LogP contribution is -2.04. The number of aromatic amines is 1. The predicted molar refractivity (Wildman–Crippen MR) is 62.2 cm³/mol. The molecule has 0 atom stereocenters. The van der Waals surface area contributed by atoms with Gasteiger partial charge < -0.3 is 9.82 Å². The smallest absolute Gasteiger partial charge is 0.109 e. The molecule has 6 heteroatoms. The average Bonchev–Trinajstić information content (AvgIpc) is 2.56. The standard InChI is InChI=1S/C9H10ClN3O.ClH/c10-6-1-2-7-8(5-6)13-9(12-7)3-4-14-11;/h1-2,5H,3-4,11H2,(H,12,13);1H. The Kier molecular flexibility index (Phi) is 4.35. The number of nitrogens with one attached hydrogen (secondary N) is 1. The molecule has 2 rings (SSSR count). The van der Waals surface area contributed by atoms with Crippen LogP contribution in [0.25, 0.3) is 11.0 Å². The van der Waals surface area contributed by atoms with Crippen LogP contribution in [-0.2, 0) is 11.3 Å². The van der Waals surface area contributed by atoms with Gasteiger partial charge in [0.2, 0.25) is 0 Å². The molecule has 1 aromatic carbocycles. The summed E-state index contributed by atoms with van der Waals surface area (Å²) in [5.74, 6) is 5.79. The van der Waals surface area contributed by atoms with Gasteiger partial charge in [-0.05, 0) is 18.2 Å². The van der Waals surface area contributed by atoms with E-state index in [1.165, 1.54) is 0 Å². The molecule has 0 bridgehead atoms. The molecule has 0 fully saturated rings. The third-order valence-electron chi connectivity index (χ3n) is 1.95. The molecule has 0 aliphatic carbocycles. The summed E-state index contributed by atoms with van der Waals surface area (Å²) in [5.41, 5.74) is 1.84. The van der Waals surface area contributed by atoms with E-state index in [0.29, 0.717) is 18.1 Å². The first-order valence-electron chi connectivity index (χ1n) is 4.25. The molecule has 1 aromatic heterocycles. The Labute approximate surface area is 98.1 Å². The van der Waals surface area contributed by atoms with Crippen molar-refractivity contribution in [1.82, 2.24) is 9.97 Å². The van der Waals surface area contributed by atoms with Crippen molar-refractivity contribution in [3.8, 4) is 0 Å². The Bertz CT molecular complexity index is 444. The molecule has 0 saturated carbocycles. The van der Waals surface area contributed by atoms with Gasteiger partial charge in [-0.3, -0.25) is 0 Å². The van der Waals surface area contributed by atoms with E-state index in [2.05, 4.69) is 14.8 Å². The highest BCUT2D eigenvalue weighted by Gasteiger charge is 2.02. The summed E-state index contributed by atoms with van der Waals surface area (Å²) < 4.78 is 0. The number of benzene rings is 1. The van der Waals surface area contributed by atoms with Crippen molar-refractivity contribution in [3.05, 3.63) is 29.0 Å². The van der Waals surface area contributed by atoms with Crippen molar-refractivity contribution in [3.63, 3.8) is 0 Å². The zero-order valence-electron chi connectivity index (χ0n) is 7.87. The predicted octanol–water partition coefficient (Wildman–Crippen LogP) is 2.07. The molecule has 0 aliphatic rings. The van der Waals surface area contributed by atoms with Gasteiger partial charge in [-0.1, -0.05) is 11.6 Å². The van der Waals surface area contributed by atoms with Crippen LogP contribution in [0, 0.1) is 0 Å². The van der Waals surface area contributed by atoms with Crippen molar-refractivity contribution >= 4 is 35.0 Å². The summed E-state index contributed by atoms with van der Waals surface area (Å²) in [5, 5.41) is 0.697. The molecule has 0 aliphatic heterocycles. The van der Waals surface area contributed by atoms with E-state index in [4.69, 9.17) is 17.5 Å². The molecule has 0 spiro atoms. The molecule has 0 radical (unpaired) electrons. The fraction of sp³-hybridized carbons (Fsp3) is 0.222. The number of aromatic nitrogens is 2. The molecule has 1 heterocycles. The van der Waals surface area contributed by atoms with E-state index in [1.807, 2.05) is 18.2 Å². The zero-order valence-corrected chi connectivity index (χ0v) is 9.44. The lowest BCUT2D eigenvalue weighted by molar-refractivity contribution is 0.140. The van der Waals surface area contributed by atoms with Gasteiger partial charge in [0.15, 0.2) is 0 Å². The summed E-state index contributed by atoms with van der Waals surface area (Å²) in [6, 6.07) is 5.53. The number of H-pyrrole nitrogens is 1. The van der Waals surface area contributed by atoms with Crippen molar-refractivity contribution in [1.29, 1.82) is 0 Å². The minimum absolute atomic E-state index is 0. The van der Waals surface area contributed by atoms with E-state index in [9.17, 15) is 0 Å². The molecule has 3 N–H and O–H groups in total. The summed E-state index contributed by atoms with van der Waals surface area (Å²) in [4.78, 5) is 12.0. The van der Waals surface area contributed by atoms with E-state index in [0.717, 1.165) is 16.9 Å². The maximum absolute atomic E-state index is 5.84. The van der Waals surface area contributed by atoms with E-state index >= 15 is 0 Å². The van der Waals surface area contributed by atoms with Crippen LogP contribution in [0.1, 0.15) is 5.82 Å². The second kappa shape index (κ2) is 5.32. The number of imidazole rings is 1. The quantitative estimate of drug-likeness (QED) is 0.817. The van der Waals surface area contributed by atoms with Crippen LogP contribution < -0.4 is 5.90 Å². The first-order valence-corrected chi connectivity index (χ1v) is 4.63. The molecule has 0 saturated heterocycles. The number of halogens is 2. The van der Waals surface area contributed by atoms with Gasteiger partial charge >= 0.3 is 0 Å². The van der Waals surface area contributed by atoms with Crippen LogP contribution in [0.2, 0.25) is 5.02 Å². The molecular weight excluding hydrogens is 237 g/mol. The van der Waals surface area contributed by atoms with Gasteiger partial charge in [-0.2, -0.15) is 0 Å². The number of rotatable bonds is 3. The Hall–Kier alpha value is -0.810. The number of nitrogens with zero attached hydrogens (tertiary/aromatic N) is 1. The SMILES string of the molecule is Cl.NOCCc1nc2ccc(Cl)cc2[nH]1. The normalized spacial score (nSPS) is 10.3. The topological polar surface area (TPSA) is 63.9 Å². The third-order valence-corrected chi connectivity index (χ3v) is 2.18. The van der Waals surface area contributed by atoms with Crippen LogP contribution in [0.15, 0.2) is 18.2 Å². The van der Waals surface area contributed by atoms with Crippen LogP contribution >= 0.6 is 24.0 Å². The first-order chi connectivity index (χ1) is 6.79. The Balaban J connectivity index is 0.00000112. The highest BCUT2D eigenvalue weighted by molar-refractivity contribution is 6.31. The van der Waals surface area contributed by atoms with Gasteiger partial charge in [0.25, 0.3) is 0 Å². The monoisotopic (exact) mass is 247 g/mol. The molecular formula is C9H11Cl2N3O. The van der Waals surface area contributed by atoms with Crippen molar-refractivity contribution < 1.29 is 4.84 Å². The van der Waals surface area contributed by atoms with Crippen LogP contribution in [0.5, 0.6) is 0 Å². The Morgan fingerprint density at radius 3 is 3.00 bits per heavy atom. The Morgan fingerprint density at radius 2 is 2.27 bits per heavy atom. The second-order valence-electron chi connectivity index (χ2n) is 2.97.